The summed E-state index contributed by atoms with van der Waals surface area (Å²) in [6.45, 7) is 2.35. The monoisotopic (exact) mass is 499 g/mol. The van der Waals surface area contributed by atoms with Gasteiger partial charge in [-0.3, -0.25) is 14.4 Å². The van der Waals surface area contributed by atoms with E-state index >= 15 is 0 Å². The highest BCUT2D eigenvalue weighted by Gasteiger charge is 2.59. The fourth-order valence-corrected chi connectivity index (χ4v) is 6.69. The number of hydrogen-bond acceptors (Lipinski definition) is 4. The molecule has 184 valence electrons. The van der Waals surface area contributed by atoms with E-state index in [0.29, 0.717) is 32.7 Å². The van der Waals surface area contributed by atoms with E-state index in [1.165, 1.54) is 11.8 Å². The second-order valence-electron chi connectivity index (χ2n) is 9.24. The van der Waals surface area contributed by atoms with Crippen LogP contribution in [-0.2, 0) is 20.9 Å². The standard InChI is InChI=1S/C29H29N3O3S/c33-22-30-16-18-31(19-17-30)28(35)29(36-25-14-8-3-9-15-25)20-26(34)32(21-23-10-4-1-5-11-23)27(29)24-12-6-2-7-13-24/h1-15,22,27H,16-21H2. The van der Waals surface area contributed by atoms with Gasteiger partial charge in [-0.05, 0) is 23.3 Å². The van der Waals surface area contributed by atoms with Crippen molar-refractivity contribution in [2.75, 3.05) is 26.2 Å². The molecule has 3 aromatic rings. The van der Waals surface area contributed by atoms with Crippen molar-refractivity contribution in [3.05, 3.63) is 102 Å². The Hall–Kier alpha value is -3.58. The van der Waals surface area contributed by atoms with E-state index in [4.69, 9.17) is 0 Å². The summed E-state index contributed by atoms with van der Waals surface area (Å²) in [5.74, 6) is -0.0734. The minimum absolute atomic E-state index is 0.0315. The minimum atomic E-state index is -1.03. The van der Waals surface area contributed by atoms with E-state index in [-0.39, 0.29) is 18.2 Å². The van der Waals surface area contributed by atoms with Gasteiger partial charge in [-0.2, -0.15) is 0 Å². The number of thioether (sulfide) groups is 1. The molecule has 0 bridgehead atoms. The summed E-state index contributed by atoms with van der Waals surface area (Å²) in [4.78, 5) is 45.8. The summed E-state index contributed by atoms with van der Waals surface area (Å²) >= 11 is 1.49. The summed E-state index contributed by atoms with van der Waals surface area (Å²) in [6.07, 6.45) is 0.954. The number of rotatable bonds is 7. The molecule has 6 nitrogen and oxygen atoms in total. The van der Waals surface area contributed by atoms with Crippen molar-refractivity contribution in [3.8, 4) is 0 Å². The number of carbonyl (C=O) groups excluding carboxylic acids is 3. The van der Waals surface area contributed by atoms with Gasteiger partial charge < -0.3 is 14.7 Å². The Morgan fingerprint density at radius 1 is 0.861 bits per heavy atom. The SMILES string of the molecule is O=CN1CCN(C(=O)C2(Sc3ccccc3)CC(=O)N(Cc3ccccc3)C2c2ccccc2)CC1. The number of hydrogen-bond donors (Lipinski definition) is 0. The van der Waals surface area contributed by atoms with E-state index in [9.17, 15) is 14.4 Å². The lowest BCUT2D eigenvalue weighted by molar-refractivity contribution is -0.138. The third kappa shape index (κ3) is 4.75. The molecule has 2 aliphatic rings. The quantitative estimate of drug-likeness (QED) is 0.461. The fraction of sp³-hybridized carbons (Fsp3) is 0.276. The molecule has 0 saturated carbocycles. The lowest BCUT2D eigenvalue weighted by atomic mass is 9.90. The zero-order chi connectivity index (χ0) is 25.0. The number of carbonyl (C=O) groups is 3. The largest absolute Gasteiger partial charge is 0.342 e. The Balaban J connectivity index is 1.59. The third-order valence-corrected chi connectivity index (χ3v) is 8.37. The molecule has 0 N–H and O–H groups in total. The van der Waals surface area contributed by atoms with Crippen LogP contribution >= 0.6 is 11.8 Å². The van der Waals surface area contributed by atoms with Gasteiger partial charge in [0.1, 0.15) is 4.75 Å². The van der Waals surface area contributed by atoms with E-state index < -0.39 is 10.8 Å². The first-order chi connectivity index (χ1) is 17.6. The van der Waals surface area contributed by atoms with Crippen LogP contribution in [0.1, 0.15) is 23.6 Å². The Kier molecular flexibility index (Phi) is 7.09. The molecule has 5 rings (SSSR count). The highest BCUT2D eigenvalue weighted by atomic mass is 32.2. The first-order valence-corrected chi connectivity index (χ1v) is 13.0. The zero-order valence-corrected chi connectivity index (χ0v) is 20.8. The first kappa shape index (κ1) is 24.1. The van der Waals surface area contributed by atoms with E-state index in [1.54, 1.807) is 4.90 Å². The molecular weight excluding hydrogens is 470 g/mol. The van der Waals surface area contributed by atoms with Crippen LogP contribution in [0.25, 0.3) is 0 Å². The molecule has 2 aliphatic heterocycles. The van der Waals surface area contributed by atoms with Gasteiger partial charge in [-0.1, -0.05) is 78.9 Å². The van der Waals surface area contributed by atoms with Gasteiger partial charge in [0.15, 0.2) is 0 Å². The zero-order valence-electron chi connectivity index (χ0n) is 20.0. The Morgan fingerprint density at radius 3 is 2.06 bits per heavy atom. The summed E-state index contributed by atoms with van der Waals surface area (Å²) in [5.41, 5.74) is 1.97. The van der Waals surface area contributed by atoms with Crippen molar-refractivity contribution in [1.29, 1.82) is 0 Å². The van der Waals surface area contributed by atoms with E-state index in [1.807, 2.05) is 101 Å². The second kappa shape index (κ2) is 10.6. The summed E-state index contributed by atoms with van der Waals surface area (Å²) in [5, 5.41) is 0. The lowest BCUT2D eigenvalue weighted by Crippen LogP contribution is -2.56. The van der Waals surface area contributed by atoms with Crippen LogP contribution in [0.3, 0.4) is 0 Å². The topological polar surface area (TPSA) is 60.9 Å². The molecule has 7 heteroatoms. The Labute approximate surface area is 215 Å². The fourth-order valence-electron chi connectivity index (χ4n) is 5.19. The molecule has 3 amide bonds. The summed E-state index contributed by atoms with van der Waals surface area (Å²) in [6, 6.07) is 29.3. The predicted octanol–water partition coefficient (Wildman–Crippen LogP) is 3.99. The van der Waals surface area contributed by atoms with Crippen molar-refractivity contribution in [3.63, 3.8) is 0 Å². The molecule has 0 aliphatic carbocycles. The molecule has 2 unspecified atom stereocenters. The lowest BCUT2D eigenvalue weighted by Gasteiger charge is -2.42. The van der Waals surface area contributed by atoms with Crippen LogP contribution in [-0.4, -0.2) is 63.9 Å². The second-order valence-corrected chi connectivity index (χ2v) is 10.6. The number of nitrogens with zero attached hydrogens (tertiary/aromatic N) is 3. The minimum Gasteiger partial charge on any atom is -0.342 e. The third-order valence-electron chi connectivity index (χ3n) is 6.95. The molecule has 2 fully saturated rings. The number of benzene rings is 3. The first-order valence-electron chi connectivity index (χ1n) is 12.2. The highest BCUT2D eigenvalue weighted by Crippen LogP contribution is 2.54. The van der Waals surface area contributed by atoms with Gasteiger partial charge in [-0.15, -0.1) is 11.8 Å². The maximum atomic E-state index is 14.5. The van der Waals surface area contributed by atoms with Crippen molar-refractivity contribution >= 4 is 30.0 Å². The number of likely N-dealkylation sites (tertiary alicyclic amines) is 1. The van der Waals surface area contributed by atoms with Crippen molar-refractivity contribution in [2.24, 2.45) is 0 Å². The van der Waals surface area contributed by atoms with Crippen molar-refractivity contribution < 1.29 is 14.4 Å². The van der Waals surface area contributed by atoms with Gasteiger partial charge in [0, 0.05) is 37.6 Å². The molecule has 2 saturated heterocycles. The van der Waals surface area contributed by atoms with Crippen LogP contribution in [0.15, 0.2) is 95.9 Å². The van der Waals surface area contributed by atoms with Crippen LogP contribution in [0.4, 0.5) is 0 Å². The maximum Gasteiger partial charge on any atom is 0.242 e. The van der Waals surface area contributed by atoms with Gasteiger partial charge in [0.25, 0.3) is 0 Å². The molecule has 36 heavy (non-hydrogen) atoms. The molecule has 2 atom stereocenters. The molecule has 0 aromatic heterocycles. The summed E-state index contributed by atoms with van der Waals surface area (Å²) in [7, 11) is 0. The molecule has 0 spiro atoms. The van der Waals surface area contributed by atoms with Crippen LogP contribution in [0.2, 0.25) is 0 Å². The molecule has 3 aromatic carbocycles. The molecule has 2 heterocycles. The number of amides is 3. The summed E-state index contributed by atoms with van der Waals surface area (Å²) < 4.78 is -1.03. The Bertz CT molecular complexity index is 1200. The molecule has 0 radical (unpaired) electrons. The predicted molar refractivity (Wildman–Crippen MR) is 140 cm³/mol. The van der Waals surface area contributed by atoms with Gasteiger partial charge >= 0.3 is 0 Å². The van der Waals surface area contributed by atoms with Gasteiger partial charge in [-0.25, -0.2) is 0 Å². The van der Waals surface area contributed by atoms with Crippen LogP contribution < -0.4 is 0 Å². The maximum absolute atomic E-state index is 14.5. The smallest absolute Gasteiger partial charge is 0.242 e. The van der Waals surface area contributed by atoms with Gasteiger partial charge in [0.2, 0.25) is 18.2 Å². The van der Waals surface area contributed by atoms with E-state index in [0.717, 1.165) is 22.4 Å². The Morgan fingerprint density at radius 2 is 1.44 bits per heavy atom. The highest BCUT2D eigenvalue weighted by molar-refractivity contribution is 8.01. The van der Waals surface area contributed by atoms with Crippen molar-refractivity contribution in [1.82, 2.24) is 14.7 Å². The average Bonchev–Trinajstić information content (AvgIpc) is 3.21. The van der Waals surface area contributed by atoms with Crippen LogP contribution in [0, 0.1) is 0 Å². The molecular formula is C29H29N3O3S. The number of piperazine rings is 1. The van der Waals surface area contributed by atoms with E-state index in [2.05, 4.69) is 0 Å². The van der Waals surface area contributed by atoms with Crippen molar-refractivity contribution in [2.45, 2.75) is 28.6 Å². The van der Waals surface area contributed by atoms with Gasteiger partial charge in [0.05, 0.1) is 12.5 Å². The van der Waals surface area contributed by atoms with Crippen LogP contribution in [0.5, 0.6) is 0 Å². The average molecular weight is 500 g/mol. The normalized spacial score (nSPS) is 22.1.